The van der Waals surface area contributed by atoms with Crippen molar-refractivity contribution in [1.29, 1.82) is 0 Å². The van der Waals surface area contributed by atoms with Crippen LogP contribution in [0.3, 0.4) is 0 Å². The predicted molar refractivity (Wildman–Crippen MR) is 93.2 cm³/mol. The van der Waals surface area contributed by atoms with Crippen LogP contribution in [0.4, 0.5) is 0 Å². The van der Waals surface area contributed by atoms with Crippen molar-refractivity contribution in [3.63, 3.8) is 0 Å². The number of hydrogen-bond donors (Lipinski definition) is 1. The van der Waals surface area contributed by atoms with Gasteiger partial charge in [0.1, 0.15) is 0 Å². The Balaban J connectivity index is 1.53. The lowest BCUT2D eigenvalue weighted by molar-refractivity contribution is 0.233. The second kappa shape index (κ2) is 6.16. The number of nitrogens with one attached hydrogen (secondary N) is 1. The molecule has 4 heteroatoms. The number of pyridine rings is 1. The number of rotatable bonds is 3. The summed E-state index contributed by atoms with van der Waals surface area (Å²) in [4.78, 5) is 8.22. The van der Waals surface area contributed by atoms with Crippen molar-refractivity contribution in [1.82, 2.24) is 15.2 Å². The fourth-order valence-corrected chi connectivity index (χ4v) is 3.94. The van der Waals surface area contributed by atoms with Crippen LogP contribution in [-0.2, 0) is 6.54 Å². The first-order chi connectivity index (χ1) is 10.9. The van der Waals surface area contributed by atoms with Gasteiger partial charge in [-0.15, -0.1) is 11.3 Å². The zero-order valence-electron chi connectivity index (χ0n) is 12.5. The van der Waals surface area contributed by atoms with E-state index in [2.05, 4.69) is 51.6 Å². The van der Waals surface area contributed by atoms with Gasteiger partial charge < -0.3 is 5.32 Å². The van der Waals surface area contributed by atoms with E-state index < -0.39 is 0 Å². The molecule has 1 aliphatic heterocycles. The van der Waals surface area contributed by atoms with E-state index >= 15 is 0 Å². The van der Waals surface area contributed by atoms with Gasteiger partial charge in [-0.3, -0.25) is 9.88 Å². The average Bonchev–Trinajstić information content (AvgIpc) is 3.00. The maximum absolute atomic E-state index is 4.42. The highest BCUT2D eigenvalue weighted by atomic mass is 32.1. The van der Waals surface area contributed by atoms with Gasteiger partial charge in [0.2, 0.25) is 0 Å². The van der Waals surface area contributed by atoms with Crippen LogP contribution < -0.4 is 5.32 Å². The van der Waals surface area contributed by atoms with Crippen molar-refractivity contribution >= 4 is 21.6 Å². The maximum atomic E-state index is 4.42. The smallest absolute Gasteiger partial charge is 0.0816 e. The number of thiophene rings is 1. The van der Waals surface area contributed by atoms with E-state index in [1.54, 1.807) is 0 Å². The van der Waals surface area contributed by atoms with Crippen LogP contribution in [0.15, 0.2) is 48.7 Å². The van der Waals surface area contributed by atoms with Crippen LogP contribution in [0.2, 0.25) is 0 Å². The Morgan fingerprint density at radius 1 is 1.09 bits per heavy atom. The molecule has 1 N–H and O–H groups in total. The van der Waals surface area contributed by atoms with Gasteiger partial charge in [0, 0.05) is 43.8 Å². The summed E-state index contributed by atoms with van der Waals surface area (Å²) in [5.74, 6) is 0. The molecule has 1 aliphatic rings. The largest absolute Gasteiger partial charge is 0.314 e. The minimum atomic E-state index is 1.05. The van der Waals surface area contributed by atoms with Gasteiger partial charge in [-0.2, -0.15) is 0 Å². The summed E-state index contributed by atoms with van der Waals surface area (Å²) in [6, 6.07) is 15.3. The monoisotopic (exact) mass is 309 g/mol. The summed E-state index contributed by atoms with van der Waals surface area (Å²) >= 11 is 1.81. The number of piperazine rings is 1. The molecule has 3 aromatic rings. The van der Waals surface area contributed by atoms with E-state index in [9.17, 15) is 0 Å². The molecule has 112 valence electrons. The molecule has 1 fully saturated rings. The van der Waals surface area contributed by atoms with E-state index in [1.807, 2.05) is 23.6 Å². The SMILES string of the molecule is c1cnc2cc(-c3ccc(CN4CCNCC4)cc3)sc2c1. The summed E-state index contributed by atoms with van der Waals surface area (Å²) in [6.45, 7) is 5.54. The molecule has 0 bridgehead atoms. The van der Waals surface area contributed by atoms with Crippen LogP contribution in [-0.4, -0.2) is 36.1 Å². The normalized spacial score (nSPS) is 16.2. The van der Waals surface area contributed by atoms with Crippen LogP contribution in [0.5, 0.6) is 0 Å². The van der Waals surface area contributed by atoms with Crippen molar-refractivity contribution in [3.05, 3.63) is 54.2 Å². The Hall–Kier alpha value is -1.75. The van der Waals surface area contributed by atoms with Gasteiger partial charge in [0.15, 0.2) is 0 Å². The van der Waals surface area contributed by atoms with Crippen molar-refractivity contribution < 1.29 is 0 Å². The number of nitrogens with zero attached hydrogens (tertiary/aromatic N) is 2. The predicted octanol–water partition coefficient (Wildman–Crippen LogP) is 3.37. The number of aromatic nitrogens is 1. The van der Waals surface area contributed by atoms with E-state index in [0.29, 0.717) is 0 Å². The molecule has 1 saturated heterocycles. The third-order valence-electron chi connectivity index (χ3n) is 4.14. The van der Waals surface area contributed by atoms with Crippen LogP contribution >= 0.6 is 11.3 Å². The molecule has 3 nitrogen and oxygen atoms in total. The molecule has 1 aromatic carbocycles. The fourth-order valence-electron chi connectivity index (χ4n) is 2.91. The highest BCUT2D eigenvalue weighted by Crippen LogP contribution is 2.32. The topological polar surface area (TPSA) is 28.2 Å². The summed E-state index contributed by atoms with van der Waals surface area (Å²) in [7, 11) is 0. The van der Waals surface area contributed by atoms with E-state index in [0.717, 1.165) is 38.2 Å². The standard InChI is InChI=1S/C18H19N3S/c1-2-17-16(20-7-1)12-18(22-17)15-5-3-14(4-6-15)13-21-10-8-19-9-11-21/h1-7,12,19H,8-11,13H2. The quantitative estimate of drug-likeness (QED) is 0.804. The zero-order chi connectivity index (χ0) is 14.8. The van der Waals surface area contributed by atoms with Crippen LogP contribution in [0, 0.1) is 0 Å². The number of benzene rings is 1. The molecule has 22 heavy (non-hydrogen) atoms. The second-order valence-electron chi connectivity index (χ2n) is 5.72. The van der Waals surface area contributed by atoms with Gasteiger partial charge in [-0.05, 0) is 29.3 Å². The molecule has 3 heterocycles. The average molecular weight is 309 g/mol. The Kier molecular flexibility index (Phi) is 3.89. The maximum Gasteiger partial charge on any atom is 0.0816 e. The number of fused-ring (bicyclic) bond motifs is 1. The zero-order valence-corrected chi connectivity index (χ0v) is 13.3. The Bertz CT molecular complexity index is 724. The first-order valence-electron chi connectivity index (χ1n) is 7.75. The van der Waals surface area contributed by atoms with E-state index in [4.69, 9.17) is 0 Å². The lowest BCUT2D eigenvalue weighted by Gasteiger charge is -2.27. The van der Waals surface area contributed by atoms with Crippen molar-refractivity contribution in [3.8, 4) is 10.4 Å². The van der Waals surface area contributed by atoms with Gasteiger partial charge in [-0.1, -0.05) is 24.3 Å². The van der Waals surface area contributed by atoms with Crippen molar-refractivity contribution in [2.24, 2.45) is 0 Å². The summed E-state index contributed by atoms with van der Waals surface area (Å²) in [5, 5.41) is 3.40. The molecule has 4 rings (SSSR count). The minimum Gasteiger partial charge on any atom is -0.314 e. The molecule has 0 aliphatic carbocycles. The first-order valence-corrected chi connectivity index (χ1v) is 8.57. The third kappa shape index (κ3) is 2.90. The number of hydrogen-bond acceptors (Lipinski definition) is 4. The van der Waals surface area contributed by atoms with Crippen LogP contribution in [0.1, 0.15) is 5.56 Å². The molecular formula is C18H19N3S. The lowest BCUT2D eigenvalue weighted by atomic mass is 10.1. The first kappa shape index (κ1) is 13.9. The minimum absolute atomic E-state index is 1.05. The molecule has 0 amide bonds. The van der Waals surface area contributed by atoms with Gasteiger partial charge in [0.25, 0.3) is 0 Å². The van der Waals surface area contributed by atoms with Gasteiger partial charge >= 0.3 is 0 Å². The van der Waals surface area contributed by atoms with Crippen molar-refractivity contribution in [2.45, 2.75) is 6.54 Å². The molecule has 0 atom stereocenters. The molecule has 0 radical (unpaired) electrons. The van der Waals surface area contributed by atoms with Gasteiger partial charge in [-0.25, -0.2) is 0 Å². The second-order valence-corrected chi connectivity index (χ2v) is 6.80. The van der Waals surface area contributed by atoms with E-state index in [-0.39, 0.29) is 0 Å². The Morgan fingerprint density at radius 2 is 1.91 bits per heavy atom. The molecule has 2 aromatic heterocycles. The summed E-state index contributed by atoms with van der Waals surface area (Å²) in [6.07, 6.45) is 1.86. The van der Waals surface area contributed by atoms with Crippen LogP contribution in [0.25, 0.3) is 20.7 Å². The highest BCUT2D eigenvalue weighted by molar-refractivity contribution is 7.22. The molecular weight excluding hydrogens is 290 g/mol. The third-order valence-corrected chi connectivity index (χ3v) is 5.28. The molecule has 0 spiro atoms. The summed E-state index contributed by atoms with van der Waals surface area (Å²) in [5.41, 5.74) is 3.77. The molecule has 0 saturated carbocycles. The highest BCUT2D eigenvalue weighted by Gasteiger charge is 2.10. The molecule has 0 unspecified atom stereocenters. The Labute approximate surface area is 134 Å². The van der Waals surface area contributed by atoms with Gasteiger partial charge in [0.05, 0.1) is 10.2 Å². The summed E-state index contributed by atoms with van der Waals surface area (Å²) < 4.78 is 1.25. The lowest BCUT2D eigenvalue weighted by Crippen LogP contribution is -2.42. The fraction of sp³-hybridized carbons (Fsp3) is 0.278. The van der Waals surface area contributed by atoms with Crippen molar-refractivity contribution in [2.75, 3.05) is 26.2 Å². The Morgan fingerprint density at radius 3 is 2.68 bits per heavy atom. The van der Waals surface area contributed by atoms with E-state index in [1.165, 1.54) is 20.7 Å².